The quantitative estimate of drug-likeness (QED) is 0.815. The van der Waals surface area contributed by atoms with Crippen LogP contribution < -0.4 is 14.4 Å². The number of para-hydroxylation sites is 1. The Morgan fingerprint density at radius 2 is 1.77 bits per heavy atom. The lowest BCUT2D eigenvalue weighted by Gasteiger charge is -2.21. The number of carbonyl (C=O) groups is 1. The average molecular weight is 299 g/mol. The fourth-order valence-electron chi connectivity index (χ4n) is 2.28. The molecule has 0 spiro atoms. The van der Waals surface area contributed by atoms with E-state index in [2.05, 4.69) is 0 Å². The fourth-order valence-corrected chi connectivity index (χ4v) is 2.28. The summed E-state index contributed by atoms with van der Waals surface area (Å²) in [5, 5.41) is 0. The number of anilines is 1. The van der Waals surface area contributed by atoms with E-state index in [1.54, 1.807) is 30.2 Å². The number of methoxy groups -OCH3 is 1. The van der Waals surface area contributed by atoms with E-state index in [0.29, 0.717) is 30.2 Å². The molecule has 2 aromatic carbocycles. The molecule has 2 rings (SSSR count). The average Bonchev–Trinajstić information content (AvgIpc) is 2.57. The van der Waals surface area contributed by atoms with Crippen LogP contribution in [0.3, 0.4) is 0 Å². The Balaban J connectivity index is 2.32. The molecule has 0 saturated carbocycles. The molecule has 0 N–H and O–H groups in total. The van der Waals surface area contributed by atoms with Gasteiger partial charge < -0.3 is 14.4 Å². The topological polar surface area (TPSA) is 38.8 Å². The number of amides is 1. The Kier molecular flexibility index (Phi) is 5.42. The highest BCUT2D eigenvalue weighted by molar-refractivity contribution is 6.06. The van der Waals surface area contributed by atoms with Gasteiger partial charge in [0.1, 0.15) is 0 Å². The molecule has 0 heterocycles. The maximum atomic E-state index is 12.7. The lowest BCUT2D eigenvalue weighted by Crippen LogP contribution is -2.30. The zero-order valence-corrected chi connectivity index (χ0v) is 13.2. The van der Waals surface area contributed by atoms with Crippen molar-refractivity contribution < 1.29 is 14.3 Å². The van der Waals surface area contributed by atoms with Gasteiger partial charge in [0.2, 0.25) is 0 Å². The van der Waals surface area contributed by atoms with Crippen molar-refractivity contribution in [1.29, 1.82) is 0 Å². The maximum Gasteiger partial charge on any atom is 0.258 e. The molecule has 0 bridgehead atoms. The first kappa shape index (κ1) is 15.9. The molecule has 0 aromatic heterocycles. The van der Waals surface area contributed by atoms with Crippen molar-refractivity contribution in [2.45, 2.75) is 13.8 Å². The van der Waals surface area contributed by atoms with E-state index >= 15 is 0 Å². The van der Waals surface area contributed by atoms with Crippen LogP contribution in [0.25, 0.3) is 0 Å². The largest absolute Gasteiger partial charge is 0.493 e. The number of carbonyl (C=O) groups excluding carboxylic acids is 1. The van der Waals surface area contributed by atoms with Crippen LogP contribution in [0.5, 0.6) is 11.5 Å². The first-order valence-corrected chi connectivity index (χ1v) is 7.39. The van der Waals surface area contributed by atoms with E-state index in [0.717, 1.165) is 5.69 Å². The van der Waals surface area contributed by atoms with Gasteiger partial charge in [-0.05, 0) is 44.2 Å². The molecule has 0 saturated heterocycles. The molecule has 1 amide bonds. The molecule has 4 nitrogen and oxygen atoms in total. The van der Waals surface area contributed by atoms with E-state index in [1.165, 1.54) is 0 Å². The number of rotatable bonds is 6. The Morgan fingerprint density at radius 1 is 1.05 bits per heavy atom. The van der Waals surface area contributed by atoms with Gasteiger partial charge in [0.05, 0.1) is 13.7 Å². The fraction of sp³-hybridized carbons (Fsp3) is 0.278. The van der Waals surface area contributed by atoms with Crippen molar-refractivity contribution in [3.05, 3.63) is 54.1 Å². The van der Waals surface area contributed by atoms with Crippen LogP contribution in [0.15, 0.2) is 48.5 Å². The predicted molar refractivity (Wildman–Crippen MR) is 88.0 cm³/mol. The number of ether oxygens (including phenoxy) is 2. The van der Waals surface area contributed by atoms with Crippen LogP contribution >= 0.6 is 0 Å². The summed E-state index contributed by atoms with van der Waals surface area (Å²) in [4.78, 5) is 14.5. The third-order valence-electron chi connectivity index (χ3n) is 3.34. The van der Waals surface area contributed by atoms with Crippen LogP contribution in [0.1, 0.15) is 24.2 Å². The first-order chi connectivity index (χ1) is 10.7. The number of benzene rings is 2. The molecule has 2 aromatic rings. The number of hydrogen-bond donors (Lipinski definition) is 0. The summed E-state index contributed by atoms with van der Waals surface area (Å²) in [5.74, 6) is 1.15. The zero-order valence-electron chi connectivity index (χ0n) is 13.2. The summed E-state index contributed by atoms with van der Waals surface area (Å²) >= 11 is 0. The van der Waals surface area contributed by atoms with Crippen molar-refractivity contribution in [3.63, 3.8) is 0 Å². The van der Waals surface area contributed by atoms with Gasteiger partial charge >= 0.3 is 0 Å². The van der Waals surface area contributed by atoms with E-state index in [9.17, 15) is 4.79 Å². The number of hydrogen-bond acceptors (Lipinski definition) is 3. The molecular weight excluding hydrogens is 278 g/mol. The summed E-state index contributed by atoms with van der Waals surface area (Å²) in [6, 6.07) is 14.9. The molecule has 0 atom stereocenters. The summed E-state index contributed by atoms with van der Waals surface area (Å²) in [5.41, 5.74) is 1.45. The molecule has 22 heavy (non-hydrogen) atoms. The highest BCUT2D eigenvalue weighted by Crippen LogP contribution is 2.29. The standard InChI is InChI=1S/C18H21NO3/c1-4-19(15-9-7-6-8-10-15)18(20)14-11-12-16(22-5-2)17(13-14)21-3/h6-13H,4-5H2,1-3H3. The van der Waals surface area contributed by atoms with Crippen LogP contribution in [-0.4, -0.2) is 26.2 Å². The highest BCUT2D eigenvalue weighted by Gasteiger charge is 2.17. The van der Waals surface area contributed by atoms with E-state index < -0.39 is 0 Å². The van der Waals surface area contributed by atoms with Crippen molar-refractivity contribution in [1.82, 2.24) is 0 Å². The smallest absolute Gasteiger partial charge is 0.258 e. The second-order valence-corrected chi connectivity index (χ2v) is 4.68. The molecule has 0 aliphatic carbocycles. The van der Waals surface area contributed by atoms with E-state index in [4.69, 9.17) is 9.47 Å². The summed E-state index contributed by atoms with van der Waals surface area (Å²) < 4.78 is 10.8. The normalized spacial score (nSPS) is 10.1. The molecule has 4 heteroatoms. The van der Waals surface area contributed by atoms with Crippen LogP contribution in [0.2, 0.25) is 0 Å². The van der Waals surface area contributed by atoms with Crippen molar-refractivity contribution in [2.75, 3.05) is 25.2 Å². The van der Waals surface area contributed by atoms with Crippen molar-refractivity contribution in [2.24, 2.45) is 0 Å². The number of nitrogens with zero attached hydrogens (tertiary/aromatic N) is 1. The Labute approximate surface area is 131 Å². The lowest BCUT2D eigenvalue weighted by atomic mass is 10.1. The van der Waals surface area contributed by atoms with Gasteiger partial charge in [-0.25, -0.2) is 0 Å². The Morgan fingerprint density at radius 3 is 2.36 bits per heavy atom. The first-order valence-electron chi connectivity index (χ1n) is 7.39. The molecule has 116 valence electrons. The van der Waals surface area contributed by atoms with Gasteiger partial charge in [-0.3, -0.25) is 4.79 Å². The Bertz CT molecular complexity index is 625. The minimum absolute atomic E-state index is 0.0601. The van der Waals surface area contributed by atoms with Gasteiger partial charge in [0.25, 0.3) is 5.91 Å². The third kappa shape index (κ3) is 3.39. The summed E-state index contributed by atoms with van der Waals surface area (Å²) in [7, 11) is 1.57. The van der Waals surface area contributed by atoms with Gasteiger partial charge in [0, 0.05) is 17.8 Å². The van der Waals surface area contributed by atoms with Gasteiger partial charge in [0.15, 0.2) is 11.5 Å². The molecule has 0 unspecified atom stereocenters. The molecule has 0 aliphatic heterocycles. The zero-order chi connectivity index (χ0) is 15.9. The predicted octanol–water partition coefficient (Wildman–Crippen LogP) is 3.76. The molecule has 0 aliphatic rings. The molecular formula is C18H21NO3. The van der Waals surface area contributed by atoms with E-state index in [1.807, 2.05) is 44.2 Å². The van der Waals surface area contributed by atoms with Gasteiger partial charge in [-0.2, -0.15) is 0 Å². The Hall–Kier alpha value is -2.49. The van der Waals surface area contributed by atoms with E-state index in [-0.39, 0.29) is 5.91 Å². The monoisotopic (exact) mass is 299 g/mol. The lowest BCUT2D eigenvalue weighted by molar-refractivity contribution is 0.0988. The molecule has 0 fully saturated rings. The minimum Gasteiger partial charge on any atom is -0.493 e. The van der Waals surface area contributed by atoms with Gasteiger partial charge in [-0.15, -0.1) is 0 Å². The minimum atomic E-state index is -0.0601. The summed E-state index contributed by atoms with van der Waals surface area (Å²) in [6.45, 7) is 5.01. The van der Waals surface area contributed by atoms with Crippen LogP contribution in [0.4, 0.5) is 5.69 Å². The maximum absolute atomic E-state index is 12.7. The SMILES string of the molecule is CCOc1ccc(C(=O)N(CC)c2ccccc2)cc1OC. The second kappa shape index (κ2) is 7.50. The molecule has 0 radical (unpaired) electrons. The third-order valence-corrected chi connectivity index (χ3v) is 3.34. The van der Waals surface area contributed by atoms with Crippen LogP contribution in [-0.2, 0) is 0 Å². The van der Waals surface area contributed by atoms with Crippen molar-refractivity contribution in [3.8, 4) is 11.5 Å². The summed E-state index contributed by atoms with van der Waals surface area (Å²) in [6.07, 6.45) is 0. The highest BCUT2D eigenvalue weighted by atomic mass is 16.5. The second-order valence-electron chi connectivity index (χ2n) is 4.68. The van der Waals surface area contributed by atoms with Gasteiger partial charge in [-0.1, -0.05) is 18.2 Å². The van der Waals surface area contributed by atoms with Crippen LogP contribution in [0, 0.1) is 0 Å². The van der Waals surface area contributed by atoms with Crippen molar-refractivity contribution >= 4 is 11.6 Å².